The van der Waals surface area contributed by atoms with E-state index < -0.39 is 0 Å². The monoisotopic (exact) mass is 536 g/mol. The second-order valence-electron chi connectivity index (χ2n) is 10.2. The molecule has 1 N–H and O–H groups in total. The zero-order chi connectivity index (χ0) is 28.5. The zero-order valence-corrected chi connectivity index (χ0v) is 22.7. The number of aromatic nitrogens is 1. The van der Waals surface area contributed by atoms with Crippen LogP contribution in [0, 0.1) is 22.7 Å². The number of nitrogens with zero attached hydrogens (tertiary/aromatic N) is 3. The number of nitrogens with one attached hydrogen (secondary N) is 1. The number of fused-ring (bicyclic) bond motifs is 2. The molecule has 196 valence electrons. The van der Waals surface area contributed by atoms with Gasteiger partial charge in [0.1, 0.15) is 0 Å². The smallest absolute Gasteiger partial charge is 0.0999 e. The summed E-state index contributed by atoms with van der Waals surface area (Å²) in [6.07, 6.45) is 7.28. The lowest BCUT2D eigenvalue weighted by molar-refractivity contribution is 0.970. The van der Waals surface area contributed by atoms with Gasteiger partial charge in [-0.05, 0) is 79.2 Å². The fraction of sp³-hybridized carbons (Fsp3) is 0.0263. The Morgan fingerprint density at radius 3 is 1.79 bits per heavy atom. The molecule has 2 heterocycles. The topological polar surface area (TPSA) is 72.5 Å². The first kappa shape index (κ1) is 25.0. The summed E-state index contributed by atoms with van der Waals surface area (Å²) in [5.74, 6) is 0. The average molecular weight is 537 g/mol. The van der Waals surface area contributed by atoms with Crippen molar-refractivity contribution in [1.82, 2.24) is 10.3 Å². The highest BCUT2D eigenvalue weighted by atomic mass is 14.8. The Kier molecular flexibility index (Phi) is 6.28. The molecule has 7 rings (SSSR count). The van der Waals surface area contributed by atoms with Crippen molar-refractivity contribution in [2.45, 2.75) is 0 Å². The lowest BCUT2D eigenvalue weighted by Gasteiger charge is -2.19. The predicted octanol–water partition coefficient (Wildman–Crippen LogP) is 8.65. The molecule has 42 heavy (non-hydrogen) atoms. The summed E-state index contributed by atoms with van der Waals surface area (Å²) in [4.78, 5) is 4.29. The largest absolute Gasteiger partial charge is 0.387 e. The van der Waals surface area contributed by atoms with Crippen LogP contribution in [0.3, 0.4) is 0 Å². The van der Waals surface area contributed by atoms with E-state index in [1.165, 1.54) is 0 Å². The average Bonchev–Trinajstić information content (AvgIpc) is 3.07. The lowest BCUT2D eigenvalue weighted by Crippen LogP contribution is -2.11. The fourth-order valence-electron chi connectivity index (χ4n) is 6.01. The van der Waals surface area contributed by atoms with E-state index in [-0.39, 0.29) is 0 Å². The van der Waals surface area contributed by atoms with Gasteiger partial charge in [0, 0.05) is 36.3 Å². The summed E-state index contributed by atoms with van der Waals surface area (Å²) in [5, 5.41) is 27.3. The Hall–Kier alpha value is -5.97. The molecule has 0 radical (unpaired) electrons. The van der Waals surface area contributed by atoms with E-state index >= 15 is 0 Å². The SMILES string of the molecule is N#CC1=CCNC=C1c1cccc(-c2c3ccccc3c(-c3cccc(-c4cnccc4C#N)c3)c3ccccc23)c1. The van der Waals surface area contributed by atoms with E-state index in [0.29, 0.717) is 17.7 Å². The molecule has 0 unspecified atom stereocenters. The minimum atomic E-state index is 0.602. The van der Waals surface area contributed by atoms with Gasteiger partial charge >= 0.3 is 0 Å². The minimum absolute atomic E-state index is 0.602. The zero-order valence-electron chi connectivity index (χ0n) is 22.7. The van der Waals surface area contributed by atoms with Crippen molar-refractivity contribution in [3.05, 3.63) is 144 Å². The highest BCUT2D eigenvalue weighted by molar-refractivity contribution is 6.21. The van der Waals surface area contributed by atoms with Gasteiger partial charge in [0.05, 0.1) is 23.3 Å². The molecule has 0 aliphatic carbocycles. The van der Waals surface area contributed by atoms with Gasteiger partial charge in [-0.25, -0.2) is 0 Å². The molecule has 5 aromatic carbocycles. The number of pyridine rings is 1. The number of benzene rings is 5. The highest BCUT2D eigenvalue weighted by Gasteiger charge is 2.18. The van der Waals surface area contributed by atoms with Crippen LogP contribution in [0.4, 0.5) is 0 Å². The van der Waals surface area contributed by atoms with Gasteiger partial charge in [-0.2, -0.15) is 10.5 Å². The number of hydrogen-bond donors (Lipinski definition) is 1. The van der Waals surface area contributed by atoms with Crippen LogP contribution in [0.25, 0.3) is 60.5 Å². The molecule has 0 atom stereocenters. The Morgan fingerprint density at radius 2 is 1.19 bits per heavy atom. The number of hydrogen-bond acceptors (Lipinski definition) is 4. The molecule has 0 spiro atoms. The van der Waals surface area contributed by atoms with Crippen molar-refractivity contribution in [3.8, 4) is 45.5 Å². The van der Waals surface area contributed by atoms with Crippen molar-refractivity contribution in [1.29, 1.82) is 10.5 Å². The molecule has 0 saturated heterocycles. The lowest BCUT2D eigenvalue weighted by atomic mass is 9.84. The van der Waals surface area contributed by atoms with Crippen LogP contribution in [0.1, 0.15) is 11.1 Å². The van der Waals surface area contributed by atoms with Gasteiger partial charge in [0.15, 0.2) is 0 Å². The predicted molar refractivity (Wildman–Crippen MR) is 170 cm³/mol. The van der Waals surface area contributed by atoms with E-state index in [1.807, 2.05) is 24.4 Å². The van der Waals surface area contributed by atoms with Gasteiger partial charge in [0.25, 0.3) is 0 Å². The molecule has 6 aromatic rings. The maximum absolute atomic E-state index is 9.75. The maximum atomic E-state index is 9.75. The van der Waals surface area contributed by atoms with Gasteiger partial charge in [-0.15, -0.1) is 0 Å². The summed E-state index contributed by atoms with van der Waals surface area (Å²) < 4.78 is 0. The second-order valence-corrected chi connectivity index (χ2v) is 10.2. The number of dihydropyridines is 1. The molecule has 0 fully saturated rings. The third-order valence-corrected chi connectivity index (χ3v) is 7.88. The highest BCUT2D eigenvalue weighted by Crippen LogP contribution is 2.44. The van der Waals surface area contributed by atoms with E-state index in [2.05, 4.69) is 107 Å². The maximum Gasteiger partial charge on any atom is 0.0999 e. The first-order chi connectivity index (χ1) is 20.8. The molecule has 4 heteroatoms. The van der Waals surface area contributed by atoms with E-state index in [4.69, 9.17) is 0 Å². The quantitative estimate of drug-likeness (QED) is 0.229. The van der Waals surface area contributed by atoms with Crippen LogP contribution in [-0.2, 0) is 0 Å². The third kappa shape index (κ3) is 4.20. The standard InChI is InChI=1S/C38H24N4/c39-21-29-15-17-41-23-35(29)25-7-5-9-27(19-25)37-31-11-1-2-12-32(31)38(34-14-4-3-13-33(34)37)28-10-6-8-26(20-28)36-24-42-18-16-30(36)22-40/h1-17,19-20,23-24,42H,18H2. The Balaban J connectivity index is 1.48. The Labute approximate surface area is 244 Å². The first-order valence-corrected chi connectivity index (χ1v) is 13.8. The molecule has 1 aliphatic rings. The second kappa shape index (κ2) is 10.5. The third-order valence-electron chi connectivity index (χ3n) is 7.88. The van der Waals surface area contributed by atoms with Crippen molar-refractivity contribution in [3.63, 3.8) is 0 Å². The van der Waals surface area contributed by atoms with E-state index in [9.17, 15) is 10.5 Å². The van der Waals surface area contributed by atoms with Crippen molar-refractivity contribution >= 4 is 27.1 Å². The number of nitriles is 2. The molecule has 4 nitrogen and oxygen atoms in total. The van der Waals surface area contributed by atoms with Gasteiger partial charge in [0.2, 0.25) is 0 Å². The minimum Gasteiger partial charge on any atom is -0.387 e. The number of allylic oxidation sites excluding steroid dienone is 2. The molecular weight excluding hydrogens is 512 g/mol. The summed E-state index contributed by atoms with van der Waals surface area (Å²) in [7, 11) is 0. The van der Waals surface area contributed by atoms with Crippen LogP contribution in [0.15, 0.2) is 133 Å². The number of rotatable bonds is 4. The van der Waals surface area contributed by atoms with E-state index in [0.717, 1.165) is 66.1 Å². The van der Waals surface area contributed by atoms with Crippen molar-refractivity contribution in [2.24, 2.45) is 0 Å². The van der Waals surface area contributed by atoms with Crippen LogP contribution in [0.5, 0.6) is 0 Å². The summed E-state index contributed by atoms with van der Waals surface area (Å²) in [6.45, 7) is 0.655. The van der Waals surface area contributed by atoms with Crippen LogP contribution in [-0.4, -0.2) is 11.5 Å². The van der Waals surface area contributed by atoms with Gasteiger partial charge in [-0.1, -0.05) is 84.9 Å². The fourth-order valence-corrected chi connectivity index (χ4v) is 6.01. The first-order valence-electron chi connectivity index (χ1n) is 13.8. The van der Waals surface area contributed by atoms with Crippen LogP contribution in [0.2, 0.25) is 0 Å². The Bertz CT molecular complexity index is 2120. The van der Waals surface area contributed by atoms with Crippen molar-refractivity contribution < 1.29 is 0 Å². The van der Waals surface area contributed by atoms with Gasteiger partial charge < -0.3 is 5.32 Å². The molecule has 0 saturated carbocycles. The molecular formula is C38H24N4. The summed E-state index contributed by atoms with van der Waals surface area (Å²) >= 11 is 0. The summed E-state index contributed by atoms with van der Waals surface area (Å²) in [5.41, 5.74) is 9.45. The molecule has 0 amide bonds. The van der Waals surface area contributed by atoms with Crippen molar-refractivity contribution in [2.75, 3.05) is 6.54 Å². The normalized spacial score (nSPS) is 12.6. The Morgan fingerprint density at radius 1 is 0.619 bits per heavy atom. The van der Waals surface area contributed by atoms with Gasteiger partial charge in [-0.3, -0.25) is 4.98 Å². The molecule has 0 bridgehead atoms. The van der Waals surface area contributed by atoms with Crippen LogP contribution >= 0.6 is 0 Å². The molecule has 1 aromatic heterocycles. The summed E-state index contributed by atoms with van der Waals surface area (Å²) in [6, 6.07) is 40.3. The van der Waals surface area contributed by atoms with E-state index in [1.54, 1.807) is 18.5 Å². The van der Waals surface area contributed by atoms with Crippen LogP contribution < -0.4 is 5.32 Å². The molecule has 1 aliphatic heterocycles.